The Labute approximate surface area is 116 Å². The van der Waals surface area contributed by atoms with Crippen molar-refractivity contribution in [2.75, 3.05) is 20.1 Å². The van der Waals surface area contributed by atoms with Crippen LogP contribution in [0.2, 0.25) is 0 Å². The van der Waals surface area contributed by atoms with E-state index in [9.17, 15) is 8.42 Å². The maximum absolute atomic E-state index is 12.1. The van der Waals surface area contributed by atoms with Gasteiger partial charge in [0.15, 0.2) is 0 Å². The van der Waals surface area contributed by atoms with E-state index in [4.69, 9.17) is 0 Å². The zero-order valence-corrected chi connectivity index (χ0v) is 12.8. The Morgan fingerprint density at radius 3 is 2.00 bits per heavy atom. The Kier molecular flexibility index (Phi) is 6.84. The van der Waals surface area contributed by atoms with E-state index in [1.54, 1.807) is 7.05 Å². The van der Waals surface area contributed by atoms with E-state index in [0.29, 0.717) is 18.0 Å². The number of likely N-dealkylation sites (N-methyl/N-ethyl adjacent to an activating group) is 1. The number of rotatable bonds is 5. The van der Waals surface area contributed by atoms with Gasteiger partial charge in [-0.3, -0.25) is 0 Å². The first-order valence-electron chi connectivity index (χ1n) is 5.60. The number of aryl methyl sites for hydroxylation is 3. The molecule has 0 aliphatic heterocycles. The van der Waals surface area contributed by atoms with Gasteiger partial charge in [-0.1, -0.05) is 17.7 Å². The highest BCUT2D eigenvalue weighted by Crippen LogP contribution is 2.21. The van der Waals surface area contributed by atoms with E-state index in [0.717, 1.165) is 16.7 Å². The van der Waals surface area contributed by atoms with Crippen LogP contribution in [-0.4, -0.2) is 28.6 Å². The zero-order chi connectivity index (χ0) is 13.1. The van der Waals surface area contributed by atoms with Gasteiger partial charge >= 0.3 is 0 Å². The highest BCUT2D eigenvalue weighted by atomic mass is 35.5. The fourth-order valence-corrected chi connectivity index (χ4v) is 3.45. The molecule has 0 saturated carbocycles. The quantitative estimate of drug-likeness (QED) is 0.809. The van der Waals surface area contributed by atoms with Crippen LogP contribution in [0.4, 0.5) is 0 Å². The van der Waals surface area contributed by atoms with Crippen LogP contribution in [-0.2, 0) is 10.0 Å². The molecule has 0 fully saturated rings. The van der Waals surface area contributed by atoms with Gasteiger partial charge in [0.1, 0.15) is 0 Å². The molecule has 0 heterocycles. The number of benzene rings is 1. The van der Waals surface area contributed by atoms with E-state index < -0.39 is 10.0 Å². The zero-order valence-electron chi connectivity index (χ0n) is 11.2. The van der Waals surface area contributed by atoms with Crippen molar-refractivity contribution in [3.63, 3.8) is 0 Å². The molecule has 0 aliphatic carbocycles. The van der Waals surface area contributed by atoms with Crippen LogP contribution in [0.3, 0.4) is 0 Å². The van der Waals surface area contributed by atoms with Crippen LogP contribution < -0.4 is 10.0 Å². The molecular weight excluding hydrogens is 272 g/mol. The number of halogens is 1. The van der Waals surface area contributed by atoms with Gasteiger partial charge in [0.2, 0.25) is 10.0 Å². The van der Waals surface area contributed by atoms with Gasteiger partial charge < -0.3 is 5.32 Å². The molecule has 0 aliphatic rings. The highest BCUT2D eigenvalue weighted by molar-refractivity contribution is 7.89. The van der Waals surface area contributed by atoms with Crippen LogP contribution in [0, 0.1) is 20.8 Å². The Balaban J connectivity index is 0.00000289. The fourth-order valence-electron chi connectivity index (χ4n) is 1.97. The summed E-state index contributed by atoms with van der Waals surface area (Å²) in [4.78, 5) is 0.402. The molecule has 0 atom stereocenters. The molecule has 6 heteroatoms. The Hall–Kier alpha value is -0.620. The van der Waals surface area contributed by atoms with E-state index in [1.165, 1.54) is 0 Å². The topological polar surface area (TPSA) is 58.2 Å². The molecular formula is C12H21ClN2O2S. The Morgan fingerprint density at radius 2 is 1.56 bits per heavy atom. The van der Waals surface area contributed by atoms with Gasteiger partial charge in [0.05, 0.1) is 4.90 Å². The standard InChI is InChI=1S/C12H20N2O2S.ClH/c1-9-7-10(2)12(11(3)8-9)17(15,16)14-6-5-13-4;/h7-8,13-14H,5-6H2,1-4H3;1H. The number of hydrogen-bond donors (Lipinski definition) is 2. The molecule has 4 nitrogen and oxygen atoms in total. The monoisotopic (exact) mass is 292 g/mol. The van der Waals surface area contributed by atoms with E-state index in [1.807, 2.05) is 32.9 Å². The second kappa shape index (κ2) is 7.09. The third kappa shape index (κ3) is 4.24. The smallest absolute Gasteiger partial charge is 0.241 e. The molecule has 104 valence electrons. The summed E-state index contributed by atoms with van der Waals surface area (Å²) < 4.78 is 26.8. The molecule has 0 amide bonds. The predicted octanol–water partition coefficient (Wildman–Crippen LogP) is 1.53. The molecule has 0 aromatic heterocycles. The molecule has 2 N–H and O–H groups in total. The van der Waals surface area contributed by atoms with Crippen molar-refractivity contribution in [3.8, 4) is 0 Å². The largest absolute Gasteiger partial charge is 0.318 e. The van der Waals surface area contributed by atoms with E-state index in [-0.39, 0.29) is 12.4 Å². The summed E-state index contributed by atoms with van der Waals surface area (Å²) >= 11 is 0. The van der Waals surface area contributed by atoms with E-state index in [2.05, 4.69) is 10.0 Å². The average molecular weight is 293 g/mol. The van der Waals surface area contributed by atoms with Crippen LogP contribution >= 0.6 is 12.4 Å². The molecule has 18 heavy (non-hydrogen) atoms. The van der Waals surface area contributed by atoms with Crippen LogP contribution in [0.15, 0.2) is 17.0 Å². The number of sulfonamides is 1. The minimum Gasteiger partial charge on any atom is -0.318 e. The minimum absolute atomic E-state index is 0. The van der Waals surface area contributed by atoms with Gasteiger partial charge in [-0.2, -0.15) is 0 Å². The van der Waals surface area contributed by atoms with Gasteiger partial charge in [0, 0.05) is 13.1 Å². The summed E-state index contributed by atoms with van der Waals surface area (Å²) in [7, 11) is -1.61. The lowest BCUT2D eigenvalue weighted by Crippen LogP contribution is -2.31. The molecule has 0 unspecified atom stereocenters. The summed E-state index contributed by atoms with van der Waals surface area (Å²) in [6, 6.07) is 3.78. The third-order valence-electron chi connectivity index (χ3n) is 2.54. The molecule has 0 spiro atoms. The lowest BCUT2D eigenvalue weighted by Gasteiger charge is -2.12. The molecule has 1 aromatic carbocycles. The minimum atomic E-state index is -3.40. The van der Waals surface area contributed by atoms with Crippen molar-refractivity contribution in [1.82, 2.24) is 10.0 Å². The summed E-state index contributed by atoms with van der Waals surface area (Å²) in [5.74, 6) is 0. The summed E-state index contributed by atoms with van der Waals surface area (Å²) in [5.41, 5.74) is 2.66. The van der Waals surface area contributed by atoms with Gasteiger partial charge in [-0.05, 0) is 38.9 Å². The first kappa shape index (κ1) is 17.4. The SMILES string of the molecule is CNCCNS(=O)(=O)c1c(C)cc(C)cc1C.Cl. The first-order valence-corrected chi connectivity index (χ1v) is 7.09. The van der Waals surface area contributed by atoms with Crippen LogP contribution in [0.25, 0.3) is 0 Å². The average Bonchev–Trinajstić information content (AvgIpc) is 2.15. The number of nitrogens with one attached hydrogen (secondary N) is 2. The molecule has 1 rings (SSSR count). The highest BCUT2D eigenvalue weighted by Gasteiger charge is 2.18. The van der Waals surface area contributed by atoms with Crippen molar-refractivity contribution in [2.45, 2.75) is 25.7 Å². The molecule has 0 bridgehead atoms. The number of hydrogen-bond acceptors (Lipinski definition) is 3. The van der Waals surface area contributed by atoms with Gasteiger partial charge in [-0.15, -0.1) is 12.4 Å². The molecule has 1 aromatic rings. The Bertz CT molecular complexity index is 478. The maximum Gasteiger partial charge on any atom is 0.241 e. The molecule has 0 saturated heterocycles. The fraction of sp³-hybridized carbons (Fsp3) is 0.500. The van der Waals surface area contributed by atoms with Crippen molar-refractivity contribution in [2.24, 2.45) is 0 Å². The molecule has 0 radical (unpaired) electrons. The van der Waals surface area contributed by atoms with Crippen molar-refractivity contribution >= 4 is 22.4 Å². The van der Waals surface area contributed by atoms with E-state index >= 15 is 0 Å². The van der Waals surface area contributed by atoms with Crippen LogP contribution in [0.1, 0.15) is 16.7 Å². The first-order chi connectivity index (χ1) is 7.88. The van der Waals surface area contributed by atoms with Crippen molar-refractivity contribution < 1.29 is 8.42 Å². The van der Waals surface area contributed by atoms with Crippen molar-refractivity contribution in [3.05, 3.63) is 28.8 Å². The predicted molar refractivity (Wildman–Crippen MR) is 77.0 cm³/mol. The maximum atomic E-state index is 12.1. The second-order valence-electron chi connectivity index (χ2n) is 4.23. The van der Waals surface area contributed by atoms with Gasteiger partial charge in [-0.25, -0.2) is 13.1 Å². The lowest BCUT2D eigenvalue weighted by molar-refractivity contribution is 0.578. The second-order valence-corrected chi connectivity index (χ2v) is 5.93. The third-order valence-corrected chi connectivity index (χ3v) is 4.31. The van der Waals surface area contributed by atoms with Gasteiger partial charge in [0.25, 0.3) is 0 Å². The van der Waals surface area contributed by atoms with Crippen molar-refractivity contribution in [1.29, 1.82) is 0 Å². The van der Waals surface area contributed by atoms with Crippen LogP contribution in [0.5, 0.6) is 0 Å². The lowest BCUT2D eigenvalue weighted by atomic mass is 10.1. The summed E-state index contributed by atoms with van der Waals surface area (Å²) in [5, 5.41) is 2.90. The Morgan fingerprint density at radius 1 is 1.06 bits per heavy atom. The normalized spacial score (nSPS) is 11.1. The summed E-state index contributed by atoms with van der Waals surface area (Å²) in [6.45, 7) is 6.62. The summed E-state index contributed by atoms with van der Waals surface area (Å²) in [6.07, 6.45) is 0.